The largest absolute Gasteiger partial charge is 0.464 e. The third-order valence-electron chi connectivity index (χ3n) is 5.33. The van der Waals surface area contributed by atoms with Gasteiger partial charge in [0.1, 0.15) is 17.1 Å². The summed E-state index contributed by atoms with van der Waals surface area (Å²) in [5.41, 5.74) is 2.54. The molecule has 0 amide bonds. The molecule has 0 unspecified atom stereocenters. The van der Waals surface area contributed by atoms with E-state index >= 15 is 0 Å². The van der Waals surface area contributed by atoms with Crippen molar-refractivity contribution < 1.29 is 8.83 Å². The van der Waals surface area contributed by atoms with Crippen molar-refractivity contribution in [3.8, 4) is 0 Å². The SMILES string of the molecule is CCc1ccc2c(CN(C)Cc3ccc([C@H]4C[C@H]4C)o3)cc(=O)oc2c1. The number of aryl methyl sites for hydroxylation is 1. The Morgan fingerprint density at radius 3 is 2.65 bits per heavy atom. The van der Waals surface area contributed by atoms with Crippen LogP contribution in [0, 0.1) is 5.92 Å². The lowest BCUT2D eigenvalue weighted by atomic mass is 10.1. The molecule has 1 aliphatic rings. The van der Waals surface area contributed by atoms with Crippen LogP contribution >= 0.6 is 0 Å². The third-order valence-corrected chi connectivity index (χ3v) is 5.33. The summed E-state index contributed by atoms with van der Waals surface area (Å²) in [5.74, 6) is 3.43. The second-order valence-corrected chi connectivity index (χ2v) is 7.57. The van der Waals surface area contributed by atoms with Crippen LogP contribution in [0.1, 0.15) is 48.8 Å². The standard InChI is InChI=1S/C22H25NO3/c1-4-15-5-7-18-16(11-22(24)26-21(18)10-15)12-23(3)13-17-6-8-20(25-17)19-9-14(19)2/h5-8,10-11,14,19H,4,9,12-13H2,1-3H3/t14-,19+/m1/s1. The normalized spacial score (nSPS) is 19.4. The second kappa shape index (κ2) is 6.76. The van der Waals surface area contributed by atoms with E-state index in [0.717, 1.165) is 41.4 Å². The Labute approximate surface area is 153 Å². The van der Waals surface area contributed by atoms with E-state index < -0.39 is 0 Å². The first kappa shape index (κ1) is 17.1. The molecule has 4 heteroatoms. The maximum absolute atomic E-state index is 12.0. The van der Waals surface area contributed by atoms with E-state index in [1.807, 2.05) is 13.1 Å². The Kier molecular flexibility index (Phi) is 4.45. The Morgan fingerprint density at radius 1 is 1.12 bits per heavy atom. The Balaban J connectivity index is 1.52. The van der Waals surface area contributed by atoms with E-state index in [1.54, 1.807) is 6.07 Å². The van der Waals surface area contributed by atoms with Crippen molar-refractivity contribution in [2.75, 3.05) is 7.05 Å². The van der Waals surface area contributed by atoms with Gasteiger partial charge in [-0.1, -0.05) is 26.0 Å². The van der Waals surface area contributed by atoms with Gasteiger partial charge in [0.2, 0.25) is 0 Å². The van der Waals surface area contributed by atoms with Gasteiger partial charge in [0, 0.05) is 23.9 Å². The molecule has 1 aromatic carbocycles. The number of benzene rings is 1. The predicted molar refractivity (Wildman–Crippen MR) is 102 cm³/mol. The van der Waals surface area contributed by atoms with Crippen LogP contribution in [0.5, 0.6) is 0 Å². The van der Waals surface area contributed by atoms with Crippen molar-refractivity contribution in [3.63, 3.8) is 0 Å². The van der Waals surface area contributed by atoms with Gasteiger partial charge in [0.25, 0.3) is 0 Å². The Bertz CT molecular complexity index is 984. The summed E-state index contributed by atoms with van der Waals surface area (Å²) in [6.45, 7) is 5.74. The highest BCUT2D eigenvalue weighted by Gasteiger charge is 2.36. The molecule has 4 rings (SSSR count). The zero-order valence-corrected chi connectivity index (χ0v) is 15.6. The minimum atomic E-state index is -0.294. The molecule has 4 nitrogen and oxygen atoms in total. The van der Waals surface area contributed by atoms with Crippen molar-refractivity contribution in [2.45, 2.75) is 45.7 Å². The molecule has 0 saturated heterocycles. The molecule has 2 atom stereocenters. The third kappa shape index (κ3) is 3.47. The minimum Gasteiger partial charge on any atom is -0.464 e. The van der Waals surface area contributed by atoms with Crippen LogP contribution in [-0.4, -0.2) is 11.9 Å². The molecule has 1 saturated carbocycles. The van der Waals surface area contributed by atoms with Crippen molar-refractivity contribution in [2.24, 2.45) is 5.92 Å². The summed E-state index contributed by atoms with van der Waals surface area (Å²) < 4.78 is 11.4. The average Bonchev–Trinajstić information content (AvgIpc) is 3.15. The number of fused-ring (bicyclic) bond motifs is 1. The van der Waals surface area contributed by atoms with Gasteiger partial charge in [-0.3, -0.25) is 4.90 Å². The fraction of sp³-hybridized carbons (Fsp3) is 0.409. The highest BCUT2D eigenvalue weighted by Crippen LogP contribution is 2.47. The van der Waals surface area contributed by atoms with Crippen LogP contribution < -0.4 is 5.63 Å². The van der Waals surface area contributed by atoms with E-state index in [2.05, 4.69) is 43.0 Å². The maximum Gasteiger partial charge on any atom is 0.336 e. The molecular weight excluding hydrogens is 326 g/mol. The van der Waals surface area contributed by atoms with Crippen molar-refractivity contribution in [1.29, 1.82) is 0 Å². The number of nitrogens with zero attached hydrogens (tertiary/aromatic N) is 1. The van der Waals surface area contributed by atoms with Gasteiger partial charge in [-0.05, 0) is 55.1 Å². The molecule has 1 aliphatic carbocycles. The number of hydrogen-bond acceptors (Lipinski definition) is 4. The van der Waals surface area contributed by atoms with E-state index in [0.29, 0.717) is 18.0 Å². The van der Waals surface area contributed by atoms with E-state index in [-0.39, 0.29) is 5.63 Å². The topological polar surface area (TPSA) is 46.6 Å². The van der Waals surface area contributed by atoms with Gasteiger partial charge in [-0.2, -0.15) is 0 Å². The fourth-order valence-electron chi connectivity index (χ4n) is 3.64. The first-order valence-corrected chi connectivity index (χ1v) is 9.36. The van der Waals surface area contributed by atoms with Gasteiger partial charge < -0.3 is 8.83 Å². The lowest BCUT2D eigenvalue weighted by molar-refractivity contribution is 0.283. The Morgan fingerprint density at radius 2 is 1.92 bits per heavy atom. The predicted octanol–water partition coefficient (Wildman–Crippen LogP) is 4.70. The van der Waals surface area contributed by atoms with Crippen LogP contribution in [0.3, 0.4) is 0 Å². The van der Waals surface area contributed by atoms with Crippen LogP contribution in [0.4, 0.5) is 0 Å². The summed E-state index contributed by atoms with van der Waals surface area (Å²) in [5, 5.41) is 1.00. The van der Waals surface area contributed by atoms with Crippen LogP contribution in [0.2, 0.25) is 0 Å². The molecule has 0 radical (unpaired) electrons. The van der Waals surface area contributed by atoms with Gasteiger partial charge >= 0.3 is 5.63 Å². The molecule has 0 bridgehead atoms. The number of rotatable bonds is 6. The first-order valence-electron chi connectivity index (χ1n) is 9.36. The lowest BCUT2D eigenvalue weighted by Gasteiger charge is -2.16. The summed E-state index contributed by atoms with van der Waals surface area (Å²) in [4.78, 5) is 14.1. The van der Waals surface area contributed by atoms with Crippen molar-refractivity contribution in [3.05, 3.63) is 69.5 Å². The molecular formula is C22H25NO3. The highest BCUT2D eigenvalue weighted by atomic mass is 16.4. The van der Waals surface area contributed by atoms with Crippen LogP contribution in [-0.2, 0) is 19.5 Å². The second-order valence-electron chi connectivity index (χ2n) is 7.57. The lowest BCUT2D eigenvalue weighted by Crippen LogP contribution is -2.18. The summed E-state index contributed by atoms with van der Waals surface area (Å²) >= 11 is 0. The van der Waals surface area contributed by atoms with Crippen LogP contribution in [0.15, 0.2) is 50.0 Å². The molecule has 3 aromatic rings. The molecule has 0 N–H and O–H groups in total. The number of furan rings is 1. The smallest absolute Gasteiger partial charge is 0.336 e. The van der Waals surface area contributed by atoms with Gasteiger partial charge in [-0.15, -0.1) is 0 Å². The molecule has 0 aliphatic heterocycles. The van der Waals surface area contributed by atoms with Crippen LogP contribution in [0.25, 0.3) is 11.0 Å². The Hall–Kier alpha value is -2.33. The maximum atomic E-state index is 12.0. The fourth-order valence-corrected chi connectivity index (χ4v) is 3.64. The molecule has 2 heterocycles. The number of hydrogen-bond donors (Lipinski definition) is 0. The molecule has 2 aromatic heterocycles. The quantitative estimate of drug-likeness (QED) is 0.604. The van der Waals surface area contributed by atoms with Crippen molar-refractivity contribution >= 4 is 11.0 Å². The zero-order valence-electron chi connectivity index (χ0n) is 15.6. The van der Waals surface area contributed by atoms with Gasteiger partial charge in [-0.25, -0.2) is 4.79 Å². The first-order chi connectivity index (χ1) is 12.5. The summed E-state index contributed by atoms with van der Waals surface area (Å²) in [6.07, 6.45) is 2.15. The molecule has 136 valence electrons. The monoisotopic (exact) mass is 351 g/mol. The van der Waals surface area contributed by atoms with E-state index in [4.69, 9.17) is 8.83 Å². The molecule has 0 spiro atoms. The van der Waals surface area contributed by atoms with Gasteiger partial charge in [0.05, 0.1) is 6.54 Å². The highest BCUT2D eigenvalue weighted by molar-refractivity contribution is 5.80. The average molecular weight is 351 g/mol. The summed E-state index contributed by atoms with van der Waals surface area (Å²) in [7, 11) is 2.04. The van der Waals surface area contributed by atoms with Gasteiger partial charge in [0.15, 0.2) is 0 Å². The summed E-state index contributed by atoms with van der Waals surface area (Å²) in [6, 6.07) is 11.9. The van der Waals surface area contributed by atoms with E-state index in [9.17, 15) is 4.79 Å². The zero-order chi connectivity index (χ0) is 18.3. The van der Waals surface area contributed by atoms with Crippen molar-refractivity contribution in [1.82, 2.24) is 4.90 Å². The molecule has 1 fully saturated rings. The van der Waals surface area contributed by atoms with E-state index in [1.165, 1.54) is 12.0 Å². The molecule has 26 heavy (non-hydrogen) atoms. The minimum absolute atomic E-state index is 0.294.